The average Bonchev–Trinajstić information content (AvgIpc) is 3.24. The number of halogens is 3. The monoisotopic (exact) mass is 555 g/mol. The Kier molecular flexibility index (Phi) is 7.22. The summed E-state index contributed by atoms with van der Waals surface area (Å²) in [6.07, 6.45) is -1.79. The van der Waals surface area contributed by atoms with Crippen molar-refractivity contribution in [3.05, 3.63) is 12.2 Å². The van der Waals surface area contributed by atoms with Crippen LogP contribution in [0.2, 0.25) is 0 Å². The van der Waals surface area contributed by atoms with E-state index in [1.807, 2.05) is 23.7 Å². The van der Waals surface area contributed by atoms with E-state index < -0.39 is 53.3 Å². The summed E-state index contributed by atoms with van der Waals surface area (Å²) in [6.45, 7) is 9.42. The lowest BCUT2D eigenvalue weighted by Gasteiger charge is -2.38. The normalized spacial score (nSPS) is 27.1. The van der Waals surface area contributed by atoms with Crippen LogP contribution in [0.15, 0.2) is 6.33 Å². The Morgan fingerprint density at radius 1 is 1.18 bits per heavy atom. The molecule has 4 amide bonds. The molecule has 2 unspecified atom stereocenters. The summed E-state index contributed by atoms with van der Waals surface area (Å²) in [6, 6.07) is -3.60. The molecule has 0 aromatic carbocycles. The van der Waals surface area contributed by atoms with Gasteiger partial charge in [-0.3, -0.25) is 19.2 Å². The molecule has 11 nitrogen and oxygen atoms in total. The van der Waals surface area contributed by atoms with Crippen molar-refractivity contribution in [1.82, 2.24) is 30.3 Å². The van der Waals surface area contributed by atoms with Crippen LogP contribution in [-0.2, 0) is 25.7 Å². The van der Waals surface area contributed by atoms with E-state index in [0.717, 1.165) is 19.4 Å². The highest BCUT2D eigenvalue weighted by atomic mass is 19.4. The second kappa shape index (κ2) is 9.77. The van der Waals surface area contributed by atoms with Crippen LogP contribution in [0, 0.1) is 22.7 Å². The van der Waals surface area contributed by atoms with Gasteiger partial charge in [0.05, 0.1) is 0 Å². The first kappa shape index (κ1) is 28.8. The molecule has 0 spiro atoms. The van der Waals surface area contributed by atoms with Crippen LogP contribution in [0.1, 0.15) is 65.6 Å². The molecule has 3 aliphatic rings. The minimum atomic E-state index is -5.17. The topological polar surface area (TPSA) is 152 Å². The Morgan fingerprint density at radius 3 is 2.44 bits per heavy atom. The number of alkyl halides is 3. The van der Waals surface area contributed by atoms with Crippen molar-refractivity contribution in [1.29, 1.82) is 0 Å². The molecule has 14 heteroatoms. The highest BCUT2D eigenvalue weighted by Crippen LogP contribution is 2.65. The Bertz CT molecular complexity index is 1160. The zero-order chi connectivity index (χ0) is 29.1. The number of nitrogens with zero attached hydrogens (tertiary/aromatic N) is 4. The molecular formula is C25H36F3N7O4. The predicted octanol–water partition coefficient (Wildman–Crippen LogP) is 1.09. The molecular weight excluding hydrogens is 519 g/mol. The Labute approximate surface area is 224 Å². The second-order valence-electron chi connectivity index (χ2n) is 12.6. The number of aromatic nitrogens is 3. The van der Waals surface area contributed by atoms with E-state index in [1.165, 1.54) is 25.7 Å². The lowest BCUT2D eigenvalue weighted by atomic mass is 9.85. The van der Waals surface area contributed by atoms with Crippen LogP contribution in [0.5, 0.6) is 0 Å². The number of likely N-dealkylation sites (tertiary alicyclic amines) is 1. The van der Waals surface area contributed by atoms with Gasteiger partial charge in [0.25, 0.3) is 0 Å². The predicted molar refractivity (Wildman–Crippen MR) is 131 cm³/mol. The van der Waals surface area contributed by atoms with Gasteiger partial charge in [-0.1, -0.05) is 34.6 Å². The number of nitrogens with two attached hydrogens (primary N) is 1. The van der Waals surface area contributed by atoms with Crippen molar-refractivity contribution in [3.8, 4) is 0 Å². The number of primary amides is 1. The molecule has 1 saturated heterocycles. The number of hydrogen-bond donors (Lipinski definition) is 3. The third-order valence-corrected chi connectivity index (χ3v) is 8.55. The first-order valence-electron chi connectivity index (χ1n) is 13.1. The molecule has 4 rings (SSSR count). The zero-order valence-corrected chi connectivity index (χ0v) is 22.7. The van der Waals surface area contributed by atoms with Crippen LogP contribution in [0.4, 0.5) is 13.2 Å². The quantitative estimate of drug-likeness (QED) is 0.458. The van der Waals surface area contributed by atoms with Gasteiger partial charge in [-0.25, -0.2) is 0 Å². The minimum Gasteiger partial charge on any atom is -0.368 e. The number of fused-ring (bicyclic) bond motifs is 2. The number of carbonyl (C=O) groups excluding carboxylic acids is 4. The Morgan fingerprint density at radius 2 is 1.85 bits per heavy atom. The van der Waals surface area contributed by atoms with Gasteiger partial charge < -0.3 is 25.8 Å². The molecule has 1 aliphatic carbocycles. The van der Waals surface area contributed by atoms with Crippen molar-refractivity contribution < 1.29 is 32.3 Å². The fraction of sp³-hybridized carbons (Fsp3) is 0.760. The van der Waals surface area contributed by atoms with Gasteiger partial charge in [0.1, 0.15) is 30.3 Å². The van der Waals surface area contributed by atoms with Crippen LogP contribution in [-0.4, -0.2) is 74.1 Å². The molecule has 1 saturated carbocycles. The van der Waals surface area contributed by atoms with Crippen LogP contribution >= 0.6 is 0 Å². The second-order valence-corrected chi connectivity index (χ2v) is 12.6. The standard InChI is InChI=1S/C25H36F3N7O4/c1-23(2,3)17(32-22(39)25(26,27)28)21(38)35-10-13-15(24(13,4)5)16(35)20(37)31-14(18(29)36)9-12-7-6-8-34-11-30-33-19(12)34/h11-17H,6-10H2,1-5H3,(H2,29,36)(H,31,37)(H,32,39)/t12?,13-,14?,15-,16-,17+/m0/s1. The van der Waals surface area contributed by atoms with Gasteiger partial charge in [-0.2, -0.15) is 13.2 Å². The molecule has 39 heavy (non-hydrogen) atoms. The van der Waals surface area contributed by atoms with Crippen molar-refractivity contribution in [2.24, 2.45) is 28.4 Å². The van der Waals surface area contributed by atoms with Crippen LogP contribution < -0.4 is 16.4 Å². The lowest BCUT2D eigenvalue weighted by Crippen LogP contribution is -2.61. The van der Waals surface area contributed by atoms with Crippen LogP contribution in [0.25, 0.3) is 0 Å². The first-order chi connectivity index (χ1) is 17.9. The van der Waals surface area contributed by atoms with Crippen molar-refractivity contribution in [2.45, 2.75) is 90.6 Å². The third-order valence-electron chi connectivity index (χ3n) is 8.55. The fourth-order valence-corrected chi connectivity index (χ4v) is 6.24. The third kappa shape index (κ3) is 5.46. The van der Waals surface area contributed by atoms with Gasteiger partial charge in [-0.05, 0) is 41.9 Å². The van der Waals surface area contributed by atoms with Crippen molar-refractivity contribution >= 4 is 23.6 Å². The maximum absolute atomic E-state index is 13.7. The summed E-state index contributed by atoms with van der Waals surface area (Å²) in [4.78, 5) is 52.7. The average molecular weight is 556 g/mol. The summed E-state index contributed by atoms with van der Waals surface area (Å²) < 4.78 is 41.0. The van der Waals surface area contributed by atoms with Gasteiger partial charge in [0, 0.05) is 19.0 Å². The molecule has 0 bridgehead atoms. The van der Waals surface area contributed by atoms with E-state index in [-0.39, 0.29) is 36.1 Å². The van der Waals surface area contributed by atoms with Gasteiger partial charge >= 0.3 is 12.1 Å². The van der Waals surface area contributed by atoms with Gasteiger partial charge in [-0.15, -0.1) is 10.2 Å². The summed E-state index contributed by atoms with van der Waals surface area (Å²) >= 11 is 0. The van der Waals surface area contributed by atoms with E-state index >= 15 is 0 Å². The maximum atomic E-state index is 13.7. The summed E-state index contributed by atoms with van der Waals surface area (Å²) in [5, 5.41) is 12.6. The highest BCUT2D eigenvalue weighted by Gasteiger charge is 2.70. The van der Waals surface area contributed by atoms with E-state index in [1.54, 1.807) is 6.33 Å². The molecule has 1 aromatic rings. The van der Waals surface area contributed by atoms with Gasteiger partial charge in [0.2, 0.25) is 17.7 Å². The molecule has 2 aliphatic heterocycles. The largest absolute Gasteiger partial charge is 0.471 e. The summed E-state index contributed by atoms with van der Waals surface area (Å²) in [5.74, 6) is -4.11. The molecule has 6 atom stereocenters. The van der Waals surface area contributed by atoms with E-state index in [4.69, 9.17) is 5.73 Å². The molecule has 2 fully saturated rings. The molecule has 4 N–H and O–H groups in total. The molecule has 1 aromatic heterocycles. The van der Waals surface area contributed by atoms with E-state index in [9.17, 15) is 32.3 Å². The minimum absolute atomic E-state index is 0.0555. The SMILES string of the molecule is CC(C)(C)[C@H](NC(=O)C(F)(F)F)C(=O)N1C[C@H]2[C@@H]([C@H]1C(=O)NC(CC1CCCn3cnnc31)C(N)=O)C2(C)C. The summed E-state index contributed by atoms with van der Waals surface area (Å²) in [7, 11) is 0. The smallest absolute Gasteiger partial charge is 0.368 e. The number of carbonyl (C=O) groups is 4. The Hall–Kier alpha value is -3.19. The zero-order valence-electron chi connectivity index (χ0n) is 22.7. The number of piperidine rings is 1. The van der Waals surface area contributed by atoms with E-state index in [2.05, 4.69) is 15.5 Å². The molecule has 3 heterocycles. The highest BCUT2D eigenvalue weighted by molar-refractivity contribution is 5.96. The van der Waals surface area contributed by atoms with Crippen LogP contribution in [0.3, 0.4) is 0 Å². The molecule has 0 radical (unpaired) electrons. The maximum Gasteiger partial charge on any atom is 0.471 e. The van der Waals surface area contributed by atoms with E-state index in [0.29, 0.717) is 5.82 Å². The first-order valence-corrected chi connectivity index (χ1v) is 13.1. The number of rotatable bonds is 7. The molecule has 216 valence electrons. The number of amides is 4. The number of aryl methyl sites for hydroxylation is 1. The fourth-order valence-electron chi connectivity index (χ4n) is 6.24. The van der Waals surface area contributed by atoms with Crippen molar-refractivity contribution in [3.63, 3.8) is 0 Å². The summed E-state index contributed by atoms with van der Waals surface area (Å²) in [5.41, 5.74) is 4.30. The number of nitrogens with one attached hydrogen (secondary N) is 2. The van der Waals surface area contributed by atoms with Gasteiger partial charge in [0.15, 0.2) is 0 Å². The number of hydrogen-bond acceptors (Lipinski definition) is 6. The lowest BCUT2D eigenvalue weighted by molar-refractivity contribution is -0.176. The Balaban J connectivity index is 1.55. The van der Waals surface area contributed by atoms with Crippen molar-refractivity contribution in [2.75, 3.05) is 6.54 Å².